The molecule has 3 rings (SSSR count). The molecule has 0 radical (unpaired) electrons. The molecule has 8 nitrogen and oxygen atoms in total. The van der Waals surface area contributed by atoms with E-state index in [0.29, 0.717) is 15.9 Å². The minimum atomic E-state index is -0.452. The van der Waals surface area contributed by atoms with E-state index in [-0.39, 0.29) is 17.3 Å². The number of nitro groups is 1. The highest BCUT2D eigenvalue weighted by Gasteiger charge is 2.08. The van der Waals surface area contributed by atoms with E-state index < -0.39 is 4.92 Å². The minimum absolute atomic E-state index is 0.0233. The molecular formula is C15H11N5O3S2. The van der Waals surface area contributed by atoms with E-state index >= 15 is 0 Å². The predicted octanol–water partition coefficient (Wildman–Crippen LogP) is 3.24. The number of non-ortho nitro benzene ring substituents is 1. The maximum absolute atomic E-state index is 11.8. The van der Waals surface area contributed by atoms with Gasteiger partial charge in [0.25, 0.3) is 5.69 Å². The molecule has 0 saturated carbocycles. The number of carbonyl (C=O) groups is 1. The van der Waals surface area contributed by atoms with Crippen molar-refractivity contribution < 1.29 is 9.72 Å². The molecule has 1 amide bonds. The smallest absolute Gasteiger partial charge is 0.269 e. The lowest BCUT2D eigenvalue weighted by atomic mass is 10.1. The number of nitro benzene ring substituents is 1. The topological polar surface area (TPSA) is 111 Å². The zero-order chi connectivity index (χ0) is 17.6. The Bertz CT molecular complexity index is 867. The standard InChI is InChI=1S/C15H11N5O3S2/c21-13(17-15-16-7-8-24-15)9-25-14-6-5-12(18-19-14)10-1-3-11(4-2-10)20(22)23/h1-8H,9H2,(H,16,17,21). The van der Waals surface area contributed by atoms with Crippen LogP contribution in [-0.2, 0) is 4.79 Å². The van der Waals surface area contributed by atoms with E-state index in [1.54, 1.807) is 35.8 Å². The van der Waals surface area contributed by atoms with Crippen LogP contribution in [0.2, 0.25) is 0 Å². The normalized spacial score (nSPS) is 10.4. The number of nitrogens with one attached hydrogen (secondary N) is 1. The van der Waals surface area contributed by atoms with Crippen LogP contribution in [0.5, 0.6) is 0 Å². The molecular weight excluding hydrogens is 362 g/mol. The quantitative estimate of drug-likeness (QED) is 0.401. The molecule has 2 heterocycles. The first kappa shape index (κ1) is 17.0. The van der Waals surface area contributed by atoms with Crippen LogP contribution in [0.1, 0.15) is 0 Å². The van der Waals surface area contributed by atoms with Crippen molar-refractivity contribution >= 4 is 39.8 Å². The largest absolute Gasteiger partial charge is 0.301 e. The number of thioether (sulfide) groups is 1. The van der Waals surface area contributed by atoms with Crippen molar-refractivity contribution in [1.29, 1.82) is 0 Å². The number of hydrogen-bond acceptors (Lipinski definition) is 8. The van der Waals surface area contributed by atoms with Gasteiger partial charge in [0, 0.05) is 29.3 Å². The number of nitrogens with zero attached hydrogens (tertiary/aromatic N) is 4. The molecule has 0 unspecified atom stereocenters. The second kappa shape index (κ2) is 7.81. The molecule has 1 N–H and O–H groups in total. The lowest BCUT2D eigenvalue weighted by molar-refractivity contribution is -0.384. The van der Waals surface area contributed by atoms with E-state index in [2.05, 4.69) is 20.5 Å². The van der Waals surface area contributed by atoms with Gasteiger partial charge in [-0.2, -0.15) is 0 Å². The van der Waals surface area contributed by atoms with Gasteiger partial charge in [-0.3, -0.25) is 14.9 Å². The number of benzene rings is 1. The van der Waals surface area contributed by atoms with Crippen molar-refractivity contribution in [3.05, 3.63) is 58.1 Å². The monoisotopic (exact) mass is 373 g/mol. The van der Waals surface area contributed by atoms with Crippen molar-refractivity contribution in [2.24, 2.45) is 0 Å². The Morgan fingerprint density at radius 2 is 2.00 bits per heavy atom. The summed E-state index contributed by atoms with van der Waals surface area (Å²) >= 11 is 2.62. The van der Waals surface area contributed by atoms with Crippen LogP contribution in [0, 0.1) is 10.1 Å². The average molecular weight is 373 g/mol. The molecule has 126 valence electrons. The minimum Gasteiger partial charge on any atom is -0.301 e. The summed E-state index contributed by atoms with van der Waals surface area (Å²) in [6.07, 6.45) is 1.62. The van der Waals surface area contributed by atoms with E-state index in [1.165, 1.54) is 35.2 Å². The summed E-state index contributed by atoms with van der Waals surface area (Å²) < 4.78 is 0. The predicted molar refractivity (Wildman–Crippen MR) is 95.6 cm³/mol. The molecule has 25 heavy (non-hydrogen) atoms. The number of thiazole rings is 1. The van der Waals surface area contributed by atoms with E-state index in [0.717, 1.165) is 5.56 Å². The molecule has 0 spiro atoms. The molecule has 0 atom stereocenters. The van der Waals surface area contributed by atoms with E-state index in [1.807, 2.05) is 0 Å². The molecule has 3 aromatic rings. The fourth-order valence-corrected chi connectivity index (χ4v) is 3.04. The highest BCUT2D eigenvalue weighted by molar-refractivity contribution is 7.99. The van der Waals surface area contributed by atoms with Crippen molar-refractivity contribution in [3.8, 4) is 11.3 Å². The molecule has 0 fully saturated rings. The Morgan fingerprint density at radius 1 is 1.20 bits per heavy atom. The van der Waals surface area contributed by atoms with Crippen molar-refractivity contribution in [1.82, 2.24) is 15.2 Å². The van der Waals surface area contributed by atoms with Gasteiger partial charge in [0.05, 0.1) is 16.4 Å². The Hall–Kier alpha value is -2.85. The maximum atomic E-state index is 11.8. The van der Waals surface area contributed by atoms with Crippen molar-refractivity contribution in [2.75, 3.05) is 11.1 Å². The number of hydrogen-bond donors (Lipinski definition) is 1. The lowest BCUT2D eigenvalue weighted by Crippen LogP contribution is -2.13. The molecule has 0 aliphatic rings. The number of carbonyl (C=O) groups excluding carboxylic acids is 1. The van der Waals surface area contributed by atoms with Gasteiger partial charge in [0.2, 0.25) is 5.91 Å². The first-order chi connectivity index (χ1) is 12.1. The Kier molecular flexibility index (Phi) is 5.31. The highest BCUT2D eigenvalue weighted by Crippen LogP contribution is 2.22. The van der Waals surface area contributed by atoms with E-state index in [4.69, 9.17) is 0 Å². The maximum Gasteiger partial charge on any atom is 0.269 e. The van der Waals surface area contributed by atoms with Gasteiger partial charge in [0.15, 0.2) is 5.13 Å². The van der Waals surface area contributed by atoms with Crippen molar-refractivity contribution in [2.45, 2.75) is 5.03 Å². The summed E-state index contributed by atoms with van der Waals surface area (Å²) in [7, 11) is 0. The summed E-state index contributed by atoms with van der Waals surface area (Å²) in [5.41, 5.74) is 1.36. The fraction of sp³-hybridized carbons (Fsp3) is 0.0667. The van der Waals surface area contributed by atoms with Crippen LogP contribution in [0.25, 0.3) is 11.3 Å². The SMILES string of the molecule is O=C(CSc1ccc(-c2ccc([N+](=O)[O-])cc2)nn1)Nc1nccs1. The number of aromatic nitrogens is 3. The lowest BCUT2D eigenvalue weighted by Gasteiger charge is -2.03. The molecule has 0 bridgehead atoms. The fourth-order valence-electron chi connectivity index (χ4n) is 1.88. The molecule has 0 aliphatic heterocycles. The summed E-state index contributed by atoms with van der Waals surface area (Å²) in [5, 5.41) is 24.5. The van der Waals surface area contributed by atoms with Gasteiger partial charge in [0.1, 0.15) is 5.03 Å². The second-order valence-electron chi connectivity index (χ2n) is 4.73. The third-order valence-electron chi connectivity index (χ3n) is 3.04. The van der Waals surface area contributed by atoms with Crippen LogP contribution >= 0.6 is 23.1 Å². The highest BCUT2D eigenvalue weighted by atomic mass is 32.2. The van der Waals surface area contributed by atoms with E-state index in [9.17, 15) is 14.9 Å². The third kappa shape index (κ3) is 4.58. The molecule has 0 saturated heterocycles. The summed E-state index contributed by atoms with van der Waals surface area (Å²) in [6.45, 7) is 0. The molecule has 0 aliphatic carbocycles. The third-order valence-corrected chi connectivity index (χ3v) is 4.65. The Labute approximate surface area is 150 Å². The summed E-state index contributed by atoms with van der Waals surface area (Å²) in [5.74, 6) is 0.0340. The van der Waals surface area contributed by atoms with Crippen molar-refractivity contribution in [3.63, 3.8) is 0 Å². The number of anilines is 1. The van der Waals surface area contributed by atoms with Crippen LogP contribution in [0.4, 0.5) is 10.8 Å². The first-order valence-corrected chi connectivity index (χ1v) is 8.89. The van der Waals surface area contributed by atoms with Gasteiger partial charge in [-0.05, 0) is 24.3 Å². The van der Waals surface area contributed by atoms with Gasteiger partial charge in [-0.1, -0.05) is 11.8 Å². The van der Waals surface area contributed by atoms with Gasteiger partial charge in [-0.25, -0.2) is 4.98 Å². The zero-order valence-electron chi connectivity index (χ0n) is 12.7. The van der Waals surface area contributed by atoms with Gasteiger partial charge in [-0.15, -0.1) is 21.5 Å². The Balaban J connectivity index is 1.58. The van der Waals surface area contributed by atoms with Gasteiger partial charge < -0.3 is 5.32 Å². The number of rotatable bonds is 6. The number of amides is 1. The van der Waals surface area contributed by atoms with Gasteiger partial charge >= 0.3 is 0 Å². The molecule has 1 aromatic carbocycles. The van der Waals surface area contributed by atoms with Crippen LogP contribution < -0.4 is 5.32 Å². The average Bonchev–Trinajstić information content (AvgIpc) is 3.13. The summed E-state index contributed by atoms with van der Waals surface area (Å²) in [4.78, 5) is 26.0. The molecule has 2 aromatic heterocycles. The van der Waals surface area contributed by atoms with Crippen LogP contribution in [0.15, 0.2) is 53.0 Å². The summed E-state index contributed by atoms with van der Waals surface area (Å²) in [6, 6.07) is 9.60. The Morgan fingerprint density at radius 3 is 2.60 bits per heavy atom. The molecule has 10 heteroatoms. The van der Waals surface area contributed by atoms with Crippen LogP contribution in [-0.4, -0.2) is 31.8 Å². The second-order valence-corrected chi connectivity index (χ2v) is 6.63. The van der Waals surface area contributed by atoms with Crippen LogP contribution in [0.3, 0.4) is 0 Å². The first-order valence-electron chi connectivity index (χ1n) is 7.02. The zero-order valence-corrected chi connectivity index (χ0v) is 14.3.